The molecular formula is C11H13Cl3N2O. The molecule has 0 saturated heterocycles. The van der Waals surface area contributed by atoms with Crippen molar-refractivity contribution >= 4 is 40.6 Å². The van der Waals surface area contributed by atoms with Crippen LogP contribution in [0.3, 0.4) is 0 Å². The summed E-state index contributed by atoms with van der Waals surface area (Å²) >= 11 is 17.6. The highest BCUT2D eigenvalue weighted by atomic mass is 35.5. The number of halogens is 3. The molecule has 0 fully saturated rings. The number of benzene rings is 1. The van der Waals surface area contributed by atoms with Crippen molar-refractivity contribution in [3.8, 4) is 5.75 Å². The molecule has 0 unspecified atom stereocenters. The third-order valence-corrected chi connectivity index (χ3v) is 3.09. The SMILES string of the molecule is N=C(N)CCCCOc1cc(Cl)c(Cl)cc1Cl. The molecule has 0 saturated carbocycles. The Balaban J connectivity index is 2.41. The van der Waals surface area contributed by atoms with Crippen LogP contribution >= 0.6 is 34.8 Å². The fraction of sp³-hybridized carbons (Fsp3) is 0.364. The van der Waals surface area contributed by atoms with Crippen LogP contribution in [-0.4, -0.2) is 12.4 Å². The average molecular weight is 296 g/mol. The first kappa shape index (κ1) is 14.4. The zero-order chi connectivity index (χ0) is 12.8. The molecule has 0 bridgehead atoms. The van der Waals surface area contributed by atoms with Gasteiger partial charge < -0.3 is 10.5 Å². The first-order chi connectivity index (χ1) is 8.00. The summed E-state index contributed by atoms with van der Waals surface area (Å²) in [5.41, 5.74) is 5.24. The van der Waals surface area contributed by atoms with E-state index in [1.165, 1.54) is 0 Å². The molecule has 0 spiro atoms. The first-order valence-corrected chi connectivity index (χ1v) is 6.24. The maximum absolute atomic E-state index is 7.06. The fourth-order valence-electron chi connectivity index (χ4n) is 1.21. The van der Waals surface area contributed by atoms with Crippen molar-refractivity contribution in [2.24, 2.45) is 5.73 Å². The molecule has 1 aromatic rings. The molecule has 1 aromatic carbocycles. The van der Waals surface area contributed by atoms with Crippen LogP contribution in [0.4, 0.5) is 0 Å². The molecule has 3 nitrogen and oxygen atoms in total. The van der Waals surface area contributed by atoms with Crippen LogP contribution in [0, 0.1) is 5.41 Å². The van der Waals surface area contributed by atoms with Crippen molar-refractivity contribution in [2.45, 2.75) is 19.3 Å². The van der Waals surface area contributed by atoms with E-state index in [2.05, 4.69) is 0 Å². The Morgan fingerprint density at radius 3 is 2.41 bits per heavy atom. The van der Waals surface area contributed by atoms with Gasteiger partial charge in [0.25, 0.3) is 0 Å². The van der Waals surface area contributed by atoms with Gasteiger partial charge in [-0.15, -0.1) is 0 Å². The summed E-state index contributed by atoms with van der Waals surface area (Å²) in [6.45, 7) is 0.505. The molecule has 0 aromatic heterocycles. The summed E-state index contributed by atoms with van der Waals surface area (Å²) in [4.78, 5) is 0. The molecule has 3 N–H and O–H groups in total. The van der Waals surface area contributed by atoms with Gasteiger partial charge in [-0.3, -0.25) is 5.41 Å². The van der Waals surface area contributed by atoms with Gasteiger partial charge in [-0.1, -0.05) is 34.8 Å². The zero-order valence-electron chi connectivity index (χ0n) is 9.10. The number of hydrogen-bond donors (Lipinski definition) is 2. The minimum atomic E-state index is 0.192. The molecule has 0 radical (unpaired) electrons. The second kappa shape index (κ2) is 6.94. The number of nitrogens with one attached hydrogen (secondary N) is 1. The second-order valence-electron chi connectivity index (χ2n) is 3.53. The summed E-state index contributed by atoms with van der Waals surface area (Å²) in [6.07, 6.45) is 2.20. The maximum atomic E-state index is 7.06. The normalized spacial score (nSPS) is 10.3. The Kier molecular flexibility index (Phi) is 5.89. The molecular weight excluding hydrogens is 282 g/mol. The summed E-state index contributed by atoms with van der Waals surface area (Å²) in [5.74, 6) is 0.710. The lowest BCUT2D eigenvalue weighted by atomic mass is 10.2. The minimum Gasteiger partial charge on any atom is -0.492 e. The Labute approximate surface area is 115 Å². The predicted molar refractivity (Wildman–Crippen MR) is 72.7 cm³/mol. The monoisotopic (exact) mass is 294 g/mol. The van der Waals surface area contributed by atoms with Crippen LogP contribution in [0.1, 0.15) is 19.3 Å². The highest BCUT2D eigenvalue weighted by Crippen LogP contribution is 2.33. The van der Waals surface area contributed by atoms with Gasteiger partial charge >= 0.3 is 0 Å². The van der Waals surface area contributed by atoms with Gasteiger partial charge in [0.2, 0.25) is 0 Å². The van der Waals surface area contributed by atoms with Crippen molar-refractivity contribution in [3.05, 3.63) is 27.2 Å². The molecule has 1 rings (SSSR count). The Morgan fingerprint density at radius 2 is 1.76 bits per heavy atom. The summed E-state index contributed by atoms with van der Waals surface area (Å²) in [5, 5.41) is 8.31. The van der Waals surface area contributed by atoms with E-state index in [1.54, 1.807) is 12.1 Å². The van der Waals surface area contributed by atoms with Crippen LogP contribution in [0.25, 0.3) is 0 Å². The summed E-state index contributed by atoms with van der Waals surface area (Å²) in [6, 6.07) is 3.15. The van der Waals surface area contributed by atoms with Gasteiger partial charge in [-0.05, 0) is 18.9 Å². The number of hydrogen-bond acceptors (Lipinski definition) is 2. The lowest BCUT2D eigenvalue weighted by Crippen LogP contribution is -2.09. The summed E-state index contributed by atoms with van der Waals surface area (Å²) in [7, 11) is 0. The van der Waals surface area contributed by atoms with Gasteiger partial charge in [0.1, 0.15) is 5.75 Å². The van der Waals surface area contributed by atoms with Crippen LogP contribution in [0.5, 0.6) is 5.75 Å². The Bertz CT molecular complexity index is 410. The van der Waals surface area contributed by atoms with Gasteiger partial charge in [0.05, 0.1) is 27.5 Å². The van der Waals surface area contributed by atoms with Crippen LogP contribution in [0.15, 0.2) is 12.1 Å². The quantitative estimate of drug-likeness (QED) is 0.359. The Morgan fingerprint density at radius 1 is 1.12 bits per heavy atom. The van der Waals surface area contributed by atoms with Crippen molar-refractivity contribution in [1.29, 1.82) is 5.41 Å². The van der Waals surface area contributed by atoms with E-state index in [0.717, 1.165) is 12.8 Å². The van der Waals surface area contributed by atoms with Gasteiger partial charge in [-0.2, -0.15) is 0 Å². The average Bonchev–Trinajstić information content (AvgIpc) is 2.24. The lowest BCUT2D eigenvalue weighted by molar-refractivity contribution is 0.308. The number of rotatable bonds is 6. The molecule has 0 aliphatic rings. The number of unbranched alkanes of at least 4 members (excludes halogenated alkanes) is 1. The number of ether oxygens (including phenoxy) is 1. The summed E-state index contributed by atoms with van der Waals surface area (Å²) < 4.78 is 5.47. The van der Waals surface area contributed by atoms with E-state index in [9.17, 15) is 0 Å². The van der Waals surface area contributed by atoms with E-state index in [1.807, 2.05) is 0 Å². The van der Waals surface area contributed by atoms with Gasteiger partial charge in [0.15, 0.2) is 0 Å². The molecule has 0 heterocycles. The topological polar surface area (TPSA) is 59.1 Å². The molecule has 94 valence electrons. The van der Waals surface area contributed by atoms with Crippen molar-refractivity contribution < 1.29 is 4.74 Å². The van der Waals surface area contributed by atoms with Crippen molar-refractivity contribution in [3.63, 3.8) is 0 Å². The Hall–Kier alpha value is -0.640. The van der Waals surface area contributed by atoms with Crippen molar-refractivity contribution in [1.82, 2.24) is 0 Å². The molecule has 17 heavy (non-hydrogen) atoms. The standard InChI is InChI=1S/C11H13Cl3N2O/c12-7-5-9(14)10(6-8(7)13)17-4-2-1-3-11(15)16/h5-6H,1-4H2,(H3,15,16). The largest absolute Gasteiger partial charge is 0.492 e. The molecule has 0 amide bonds. The third-order valence-electron chi connectivity index (χ3n) is 2.07. The first-order valence-electron chi connectivity index (χ1n) is 5.11. The number of amidine groups is 1. The fourth-order valence-corrected chi connectivity index (χ4v) is 1.81. The van der Waals surface area contributed by atoms with Gasteiger partial charge in [0, 0.05) is 12.5 Å². The third kappa shape index (κ3) is 5.02. The highest BCUT2D eigenvalue weighted by Gasteiger charge is 2.06. The highest BCUT2D eigenvalue weighted by molar-refractivity contribution is 6.43. The van der Waals surface area contributed by atoms with Crippen LogP contribution in [0.2, 0.25) is 15.1 Å². The van der Waals surface area contributed by atoms with Gasteiger partial charge in [-0.25, -0.2) is 0 Å². The van der Waals surface area contributed by atoms with E-state index in [4.69, 9.17) is 50.7 Å². The minimum absolute atomic E-state index is 0.192. The lowest BCUT2D eigenvalue weighted by Gasteiger charge is -2.09. The molecule has 0 aliphatic heterocycles. The van der Waals surface area contributed by atoms with E-state index >= 15 is 0 Å². The van der Waals surface area contributed by atoms with Crippen LogP contribution in [-0.2, 0) is 0 Å². The van der Waals surface area contributed by atoms with Crippen LogP contribution < -0.4 is 10.5 Å². The number of nitrogens with two attached hydrogens (primary N) is 1. The van der Waals surface area contributed by atoms with E-state index < -0.39 is 0 Å². The smallest absolute Gasteiger partial charge is 0.139 e. The van der Waals surface area contributed by atoms with E-state index in [-0.39, 0.29) is 5.84 Å². The molecule has 0 atom stereocenters. The predicted octanol–water partition coefficient (Wildman–Crippen LogP) is 4.13. The maximum Gasteiger partial charge on any atom is 0.139 e. The van der Waals surface area contributed by atoms with Crippen molar-refractivity contribution in [2.75, 3.05) is 6.61 Å². The molecule has 6 heteroatoms. The zero-order valence-corrected chi connectivity index (χ0v) is 11.4. The molecule has 0 aliphatic carbocycles. The second-order valence-corrected chi connectivity index (χ2v) is 4.75. The van der Waals surface area contributed by atoms with E-state index in [0.29, 0.717) is 33.8 Å².